The first-order valence-corrected chi connectivity index (χ1v) is 15.1. The lowest BCUT2D eigenvalue weighted by Gasteiger charge is -2.29. The SMILES string of the molecule is C=CCn1c(=O)n(CC(O)COC(=O)c2cccc(C(=O)OCC(O)CC(C)(CC)CC)c2)c(=O)n(C(C)(CC)CC)c1=O. The van der Waals surface area contributed by atoms with Gasteiger partial charge in [-0.3, -0.25) is 0 Å². The van der Waals surface area contributed by atoms with E-state index >= 15 is 0 Å². The number of aliphatic hydroxyl groups is 2. The summed E-state index contributed by atoms with van der Waals surface area (Å²) in [5, 5.41) is 21.0. The number of aromatic nitrogens is 3. The highest BCUT2D eigenvalue weighted by Crippen LogP contribution is 2.31. The summed E-state index contributed by atoms with van der Waals surface area (Å²) < 4.78 is 13.1. The predicted octanol–water partition coefficient (Wildman–Crippen LogP) is 2.84. The molecular formula is C32H47N3O9. The van der Waals surface area contributed by atoms with Crippen LogP contribution in [0.4, 0.5) is 0 Å². The fraction of sp³-hybridized carbons (Fsp3) is 0.594. The molecule has 0 saturated carbocycles. The standard InChI is InChI=1S/C32H47N3O9/c1-8-16-33-28(40)34(30(42)35(29(33)41)32(7,11-4)12-5)19-25(37)21-44-27(39)23-15-13-14-22(17-23)26(38)43-20-24(36)18-31(6,9-2)10-3/h8,13-15,17,24-25,36-37H,1,9-12,16,18-21H2,2-7H3. The Balaban J connectivity index is 2.15. The second-order valence-electron chi connectivity index (χ2n) is 11.7. The second-order valence-corrected chi connectivity index (χ2v) is 11.7. The number of carbonyl (C=O) groups is 2. The Morgan fingerprint density at radius 1 is 0.841 bits per heavy atom. The van der Waals surface area contributed by atoms with Crippen molar-refractivity contribution in [3.63, 3.8) is 0 Å². The summed E-state index contributed by atoms with van der Waals surface area (Å²) in [7, 11) is 0. The van der Waals surface area contributed by atoms with Crippen molar-refractivity contribution in [3.8, 4) is 0 Å². The molecule has 12 heteroatoms. The van der Waals surface area contributed by atoms with E-state index in [1.165, 1.54) is 30.3 Å². The number of rotatable bonds is 17. The van der Waals surface area contributed by atoms with Crippen molar-refractivity contribution in [2.75, 3.05) is 13.2 Å². The fourth-order valence-corrected chi connectivity index (χ4v) is 4.82. The highest BCUT2D eigenvalue weighted by molar-refractivity contribution is 5.95. The summed E-state index contributed by atoms with van der Waals surface area (Å²) >= 11 is 0. The molecule has 2 atom stereocenters. The molecule has 0 bridgehead atoms. The van der Waals surface area contributed by atoms with E-state index in [2.05, 4.69) is 13.5 Å². The average molecular weight is 618 g/mol. The molecule has 2 N–H and O–H groups in total. The Morgan fingerprint density at radius 2 is 1.34 bits per heavy atom. The molecule has 2 unspecified atom stereocenters. The number of ether oxygens (including phenoxy) is 2. The summed E-state index contributed by atoms with van der Waals surface area (Å²) in [6.45, 7) is 13.7. The van der Waals surface area contributed by atoms with E-state index in [1.54, 1.807) is 6.92 Å². The lowest BCUT2D eigenvalue weighted by molar-refractivity contribution is 0.0109. The topological polar surface area (TPSA) is 159 Å². The van der Waals surface area contributed by atoms with Crippen LogP contribution in [-0.4, -0.2) is 61.3 Å². The third kappa shape index (κ3) is 8.66. The number of hydrogen-bond donors (Lipinski definition) is 2. The minimum atomic E-state index is -1.46. The molecule has 0 radical (unpaired) electrons. The van der Waals surface area contributed by atoms with Gasteiger partial charge in [-0.1, -0.05) is 59.6 Å². The van der Waals surface area contributed by atoms with Crippen molar-refractivity contribution in [1.82, 2.24) is 13.7 Å². The Morgan fingerprint density at radius 3 is 1.82 bits per heavy atom. The molecule has 0 aliphatic carbocycles. The Kier molecular flexibility index (Phi) is 13.1. The molecule has 2 rings (SSSR count). The van der Waals surface area contributed by atoms with Crippen LogP contribution in [0.1, 0.15) is 94.4 Å². The van der Waals surface area contributed by atoms with E-state index in [0.717, 1.165) is 26.5 Å². The summed E-state index contributed by atoms with van der Waals surface area (Å²) in [5.41, 5.74) is -3.41. The zero-order valence-corrected chi connectivity index (χ0v) is 26.7. The zero-order valence-electron chi connectivity index (χ0n) is 26.7. The third-order valence-electron chi connectivity index (χ3n) is 8.66. The lowest BCUT2D eigenvalue weighted by Crippen LogP contribution is -2.60. The number of aliphatic hydroxyl groups excluding tert-OH is 2. The van der Waals surface area contributed by atoms with Crippen LogP contribution in [0.25, 0.3) is 0 Å². The van der Waals surface area contributed by atoms with Gasteiger partial charge in [0.15, 0.2) is 0 Å². The number of nitrogens with zero attached hydrogens (tertiary/aromatic N) is 3. The number of benzene rings is 1. The van der Waals surface area contributed by atoms with Gasteiger partial charge in [0.25, 0.3) is 0 Å². The summed E-state index contributed by atoms with van der Waals surface area (Å²) in [6.07, 6.45) is 2.17. The molecule has 0 spiro atoms. The summed E-state index contributed by atoms with van der Waals surface area (Å²) in [4.78, 5) is 64.8. The normalized spacial score (nSPS) is 13.3. The smallest absolute Gasteiger partial charge is 0.338 e. The minimum absolute atomic E-state index is 0.0115. The van der Waals surface area contributed by atoms with Gasteiger partial charge in [-0.15, -0.1) is 6.58 Å². The van der Waals surface area contributed by atoms with Gasteiger partial charge >= 0.3 is 29.0 Å². The van der Waals surface area contributed by atoms with E-state index in [0.29, 0.717) is 19.3 Å². The van der Waals surface area contributed by atoms with E-state index in [1.807, 2.05) is 27.7 Å². The van der Waals surface area contributed by atoms with Gasteiger partial charge in [-0.25, -0.2) is 37.7 Å². The van der Waals surface area contributed by atoms with E-state index in [4.69, 9.17) is 9.47 Å². The predicted molar refractivity (Wildman–Crippen MR) is 166 cm³/mol. The van der Waals surface area contributed by atoms with Crippen LogP contribution >= 0.6 is 0 Å². The van der Waals surface area contributed by atoms with Crippen LogP contribution < -0.4 is 17.1 Å². The van der Waals surface area contributed by atoms with Gasteiger partial charge in [0.2, 0.25) is 0 Å². The Labute approximate surface area is 257 Å². The first-order chi connectivity index (χ1) is 20.7. The third-order valence-corrected chi connectivity index (χ3v) is 8.66. The quantitative estimate of drug-likeness (QED) is 0.201. The molecule has 1 heterocycles. The van der Waals surface area contributed by atoms with Crippen LogP contribution in [0.15, 0.2) is 51.3 Å². The number of esters is 2. The molecule has 244 valence electrons. The molecule has 0 aliphatic rings. The maximum Gasteiger partial charge on any atom is 0.338 e. The largest absolute Gasteiger partial charge is 0.459 e. The monoisotopic (exact) mass is 617 g/mol. The summed E-state index contributed by atoms with van der Waals surface area (Å²) in [5.74, 6) is -1.57. The number of allylic oxidation sites excluding steroid dienone is 1. The molecule has 0 fully saturated rings. The molecule has 0 aliphatic heterocycles. The van der Waals surface area contributed by atoms with Gasteiger partial charge in [-0.2, -0.15) is 0 Å². The first-order valence-electron chi connectivity index (χ1n) is 15.1. The van der Waals surface area contributed by atoms with E-state index < -0.39 is 59.9 Å². The lowest BCUT2D eigenvalue weighted by atomic mass is 9.80. The number of hydrogen-bond acceptors (Lipinski definition) is 9. The molecule has 0 amide bonds. The van der Waals surface area contributed by atoms with Crippen molar-refractivity contribution < 1.29 is 29.3 Å². The van der Waals surface area contributed by atoms with Crippen molar-refractivity contribution in [3.05, 3.63) is 79.5 Å². The van der Waals surface area contributed by atoms with Crippen LogP contribution in [0.5, 0.6) is 0 Å². The van der Waals surface area contributed by atoms with Crippen LogP contribution in [-0.2, 0) is 28.1 Å². The summed E-state index contributed by atoms with van der Waals surface area (Å²) in [6, 6.07) is 5.61. The van der Waals surface area contributed by atoms with Gasteiger partial charge in [-0.05, 0) is 49.8 Å². The average Bonchev–Trinajstić information content (AvgIpc) is 3.02. The molecule has 2 aromatic rings. The molecular weight excluding hydrogens is 570 g/mol. The van der Waals surface area contributed by atoms with Crippen LogP contribution in [0.2, 0.25) is 0 Å². The molecule has 44 heavy (non-hydrogen) atoms. The van der Waals surface area contributed by atoms with Crippen molar-refractivity contribution in [2.24, 2.45) is 5.41 Å². The van der Waals surface area contributed by atoms with Crippen molar-refractivity contribution in [1.29, 1.82) is 0 Å². The Bertz CT molecular complexity index is 1480. The zero-order chi connectivity index (χ0) is 33.2. The highest BCUT2D eigenvalue weighted by atomic mass is 16.5. The first kappa shape index (κ1) is 36.4. The van der Waals surface area contributed by atoms with Crippen LogP contribution in [0, 0.1) is 5.41 Å². The maximum absolute atomic E-state index is 13.3. The maximum atomic E-state index is 13.3. The Hall–Kier alpha value is -3.77. The molecule has 1 aromatic carbocycles. The van der Waals surface area contributed by atoms with Crippen LogP contribution in [0.3, 0.4) is 0 Å². The van der Waals surface area contributed by atoms with E-state index in [9.17, 15) is 34.2 Å². The minimum Gasteiger partial charge on any atom is -0.459 e. The van der Waals surface area contributed by atoms with Gasteiger partial charge in [0.05, 0.1) is 35.9 Å². The van der Waals surface area contributed by atoms with Crippen molar-refractivity contribution in [2.45, 2.75) is 104 Å². The highest BCUT2D eigenvalue weighted by Gasteiger charge is 2.30. The second kappa shape index (κ2) is 15.8. The molecule has 1 aromatic heterocycles. The van der Waals surface area contributed by atoms with Gasteiger partial charge in [0, 0.05) is 0 Å². The van der Waals surface area contributed by atoms with E-state index in [-0.39, 0.29) is 29.7 Å². The van der Waals surface area contributed by atoms with Gasteiger partial charge < -0.3 is 19.7 Å². The molecule has 12 nitrogen and oxygen atoms in total. The van der Waals surface area contributed by atoms with Gasteiger partial charge in [0.1, 0.15) is 19.3 Å². The fourth-order valence-electron chi connectivity index (χ4n) is 4.82. The van der Waals surface area contributed by atoms with Crippen molar-refractivity contribution >= 4 is 11.9 Å². The molecule has 0 saturated heterocycles. The number of carbonyl (C=O) groups excluding carboxylic acids is 2.